The van der Waals surface area contributed by atoms with E-state index in [0.717, 1.165) is 17.8 Å². The molecule has 0 fully saturated rings. The lowest BCUT2D eigenvalue weighted by Gasteiger charge is -2.07. The van der Waals surface area contributed by atoms with Crippen LogP contribution < -0.4 is 5.32 Å². The summed E-state index contributed by atoms with van der Waals surface area (Å²) in [5.74, 6) is -0.287. The van der Waals surface area contributed by atoms with E-state index in [1.165, 1.54) is 0 Å². The molecule has 0 spiro atoms. The number of hydrogen-bond acceptors (Lipinski definition) is 3. The van der Waals surface area contributed by atoms with Gasteiger partial charge in [0.1, 0.15) is 6.61 Å². The molecule has 0 saturated carbocycles. The molecule has 0 saturated heterocycles. The molecule has 0 amide bonds. The molecular weight excluding hydrogens is 214 g/mol. The van der Waals surface area contributed by atoms with Gasteiger partial charge in [-0.25, -0.2) is 0 Å². The second-order valence-electron chi connectivity index (χ2n) is 4.09. The molecule has 0 radical (unpaired) electrons. The summed E-state index contributed by atoms with van der Waals surface area (Å²) in [6.45, 7) is 12.5. The highest BCUT2D eigenvalue weighted by Crippen LogP contribution is 2.03. The first-order chi connectivity index (χ1) is 8.01. The quantitative estimate of drug-likeness (QED) is 0.546. The highest BCUT2D eigenvalue weighted by atomic mass is 16.5. The van der Waals surface area contributed by atoms with Crippen molar-refractivity contribution in [1.82, 2.24) is 5.32 Å². The van der Waals surface area contributed by atoms with Crippen molar-refractivity contribution in [3.05, 3.63) is 36.1 Å². The van der Waals surface area contributed by atoms with Crippen LogP contribution in [0.15, 0.2) is 36.1 Å². The maximum Gasteiger partial charge on any atom is 0.308 e. The molecular formula is C14H23NO2. The van der Waals surface area contributed by atoms with Crippen molar-refractivity contribution in [1.29, 1.82) is 0 Å². The maximum absolute atomic E-state index is 11.3. The van der Waals surface area contributed by atoms with Gasteiger partial charge in [0, 0.05) is 12.2 Å². The molecule has 17 heavy (non-hydrogen) atoms. The van der Waals surface area contributed by atoms with Crippen LogP contribution in [0.3, 0.4) is 0 Å². The fraction of sp³-hybridized carbons (Fsp3) is 0.500. The summed E-state index contributed by atoms with van der Waals surface area (Å²) < 4.78 is 5.12. The number of nitrogens with one attached hydrogen (secondary N) is 1. The molecule has 1 N–H and O–H groups in total. The minimum Gasteiger partial charge on any atom is -0.461 e. The van der Waals surface area contributed by atoms with Crippen LogP contribution in [0.5, 0.6) is 0 Å². The molecule has 0 aliphatic heterocycles. The normalized spacial score (nSPS) is 12.5. The monoisotopic (exact) mass is 237 g/mol. The van der Waals surface area contributed by atoms with Gasteiger partial charge in [0.25, 0.3) is 0 Å². The Balaban J connectivity index is 4.33. The molecule has 0 heterocycles. The van der Waals surface area contributed by atoms with Crippen molar-refractivity contribution in [3.8, 4) is 0 Å². The van der Waals surface area contributed by atoms with Crippen molar-refractivity contribution < 1.29 is 9.53 Å². The van der Waals surface area contributed by atoms with E-state index in [0.29, 0.717) is 0 Å². The Kier molecular flexibility index (Phi) is 7.85. The van der Waals surface area contributed by atoms with Crippen molar-refractivity contribution in [3.63, 3.8) is 0 Å². The Labute approximate surface area is 104 Å². The van der Waals surface area contributed by atoms with Crippen LogP contribution in [-0.2, 0) is 9.53 Å². The SMILES string of the molecule is C=C/C(=C\C=C(/C)NCC)COC(=O)C(C)C. The second-order valence-corrected chi connectivity index (χ2v) is 4.09. The third-order valence-electron chi connectivity index (χ3n) is 2.12. The number of ether oxygens (including phenoxy) is 1. The average Bonchev–Trinajstić information content (AvgIpc) is 2.29. The average molecular weight is 237 g/mol. The Morgan fingerprint density at radius 1 is 1.41 bits per heavy atom. The number of allylic oxidation sites excluding steroid dienone is 3. The van der Waals surface area contributed by atoms with Gasteiger partial charge in [0.05, 0.1) is 5.92 Å². The van der Waals surface area contributed by atoms with Gasteiger partial charge in [-0.1, -0.05) is 32.6 Å². The van der Waals surface area contributed by atoms with Gasteiger partial charge in [-0.05, 0) is 25.5 Å². The Bertz CT molecular complexity index is 314. The molecule has 0 aliphatic rings. The largest absolute Gasteiger partial charge is 0.461 e. The van der Waals surface area contributed by atoms with Gasteiger partial charge in [-0.15, -0.1) is 0 Å². The van der Waals surface area contributed by atoms with Gasteiger partial charge in [-0.3, -0.25) is 4.79 Å². The standard InChI is InChI=1S/C14H23NO2/c1-6-13(9-8-12(5)15-7-2)10-17-14(16)11(3)4/h6,8-9,11,15H,1,7,10H2,2-5H3/b12-8+,13-9+. The molecule has 0 aromatic rings. The van der Waals surface area contributed by atoms with Crippen LogP contribution in [0.1, 0.15) is 27.7 Å². The van der Waals surface area contributed by atoms with Crippen molar-refractivity contribution in [2.45, 2.75) is 27.7 Å². The Morgan fingerprint density at radius 2 is 2.06 bits per heavy atom. The van der Waals surface area contributed by atoms with E-state index in [4.69, 9.17) is 4.74 Å². The predicted octanol–water partition coefficient (Wildman–Crippen LogP) is 2.81. The highest BCUT2D eigenvalue weighted by molar-refractivity contribution is 5.71. The van der Waals surface area contributed by atoms with Crippen LogP contribution in [0.4, 0.5) is 0 Å². The fourth-order valence-electron chi connectivity index (χ4n) is 1.07. The third-order valence-corrected chi connectivity index (χ3v) is 2.12. The van der Waals surface area contributed by atoms with E-state index < -0.39 is 0 Å². The first-order valence-electron chi connectivity index (χ1n) is 5.91. The number of carbonyl (C=O) groups excluding carboxylic acids is 1. The highest BCUT2D eigenvalue weighted by Gasteiger charge is 2.07. The molecule has 0 atom stereocenters. The zero-order valence-electron chi connectivity index (χ0n) is 11.2. The first-order valence-corrected chi connectivity index (χ1v) is 5.91. The minimum atomic E-state index is -0.190. The lowest BCUT2D eigenvalue weighted by molar-refractivity contribution is -0.146. The van der Waals surface area contributed by atoms with E-state index >= 15 is 0 Å². The number of esters is 1. The van der Waals surface area contributed by atoms with Crippen LogP contribution in [0.25, 0.3) is 0 Å². The predicted molar refractivity (Wildman–Crippen MR) is 71.5 cm³/mol. The van der Waals surface area contributed by atoms with Crippen molar-refractivity contribution in [2.75, 3.05) is 13.2 Å². The smallest absolute Gasteiger partial charge is 0.308 e. The van der Waals surface area contributed by atoms with Gasteiger partial charge in [-0.2, -0.15) is 0 Å². The molecule has 0 aromatic carbocycles. The molecule has 96 valence electrons. The van der Waals surface area contributed by atoms with Crippen LogP contribution in [0.2, 0.25) is 0 Å². The molecule has 0 rings (SSSR count). The maximum atomic E-state index is 11.3. The molecule has 0 aliphatic carbocycles. The van der Waals surface area contributed by atoms with E-state index in [1.807, 2.05) is 39.8 Å². The zero-order chi connectivity index (χ0) is 13.3. The molecule has 3 heteroatoms. The van der Waals surface area contributed by atoms with Crippen LogP contribution in [0, 0.1) is 5.92 Å². The molecule has 0 bridgehead atoms. The first kappa shape index (κ1) is 15.5. The summed E-state index contributed by atoms with van der Waals surface area (Å²) in [4.78, 5) is 11.3. The van der Waals surface area contributed by atoms with E-state index in [1.54, 1.807) is 6.08 Å². The second kappa shape index (κ2) is 8.62. The summed E-state index contributed by atoms with van der Waals surface area (Å²) in [5, 5.41) is 3.18. The van der Waals surface area contributed by atoms with Gasteiger partial charge >= 0.3 is 5.97 Å². The topological polar surface area (TPSA) is 38.3 Å². The zero-order valence-corrected chi connectivity index (χ0v) is 11.2. The van der Waals surface area contributed by atoms with Crippen molar-refractivity contribution >= 4 is 5.97 Å². The lowest BCUT2D eigenvalue weighted by atomic mass is 10.2. The fourth-order valence-corrected chi connectivity index (χ4v) is 1.07. The summed E-state index contributed by atoms with van der Waals surface area (Å²) in [6, 6.07) is 0. The Morgan fingerprint density at radius 3 is 2.53 bits per heavy atom. The third kappa shape index (κ3) is 7.39. The van der Waals surface area contributed by atoms with E-state index in [9.17, 15) is 4.79 Å². The minimum absolute atomic E-state index is 0.0971. The molecule has 0 aromatic heterocycles. The number of carbonyl (C=O) groups is 1. The summed E-state index contributed by atoms with van der Waals surface area (Å²) in [6.07, 6.45) is 5.55. The van der Waals surface area contributed by atoms with Crippen LogP contribution in [-0.4, -0.2) is 19.1 Å². The summed E-state index contributed by atoms with van der Waals surface area (Å²) >= 11 is 0. The van der Waals surface area contributed by atoms with Crippen LogP contribution >= 0.6 is 0 Å². The molecule has 3 nitrogen and oxygen atoms in total. The van der Waals surface area contributed by atoms with Crippen molar-refractivity contribution in [2.24, 2.45) is 5.92 Å². The van der Waals surface area contributed by atoms with Gasteiger partial charge in [0.15, 0.2) is 0 Å². The van der Waals surface area contributed by atoms with Gasteiger partial charge < -0.3 is 10.1 Å². The number of rotatable bonds is 7. The lowest BCUT2D eigenvalue weighted by Crippen LogP contribution is -2.13. The summed E-state index contributed by atoms with van der Waals surface area (Å²) in [7, 11) is 0. The van der Waals surface area contributed by atoms with E-state index in [2.05, 4.69) is 11.9 Å². The van der Waals surface area contributed by atoms with Gasteiger partial charge in [0.2, 0.25) is 0 Å². The Hall–Kier alpha value is -1.51. The summed E-state index contributed by atoms with van der Waals surface area (Å²) in [5.41, 5.74) is 1.96. The number of hydrogen-bond donors (Lipinski definition) is 1. The molecule has 0 unspecified atom stereocenters. The van der Waals surface area contributed by atoms with E-state index in [-0.39, 0.29) is 18.5 Å².